The summed E-state index contributed by atoms with van der Waals surface area (Å²) < 4.78 is 13.3. The number of hydrogen-bond donors (Lipinski definition) is 2. The van der Waals surface area contributed by atoms with Crippen molar-refractivity contribution in [1.82, 2.24) is 15.2 Å². The SMILES string of the molecule is Cc1ccc(CC(=O)Nc2n[nH]c(-c3ccc(F)cc3)c2-c2ccncc2)cc1. The third kappa shape index (κ3) is 4.21. The highest BCUT2D eigenvalue weighted by atomic mass is 19.1. The average molecular weight is 386 g/mol. The Bertz CT molecular complexity index is 1120. The highest BCUT2D eigenvalue weighted by Gasteiger charge is 2.18. The van der Waals surface area contributed by atoms with Crippen LogP contribution in [-0.2, 0) is 11.2 Å². The zero-order valence-electron chi connectivity index (χ0n) is 15.8. The molecule has 0 fully saturated rings. The topological polar surface area (TPSA) is 70.7 Å². The number of nitrogens with one attached hydrogen (secondary N) is 2. The summed E-state index contributed by atoms with van der Waals surface area (Å²) in [4.78, 5) is 16.7. The number of rotatable bonds is 5. The van der Waals surface area contributed by atoms with Crippen molar-refractivity contribution in [3.63, 3.8) is 0 Å². The number of pyridine rings is 1. The molecule has 6 heteroatoms. The highest BCUT2D eigenvalue weighted by molar-refractivity contribution is 5.98. The Morgan fingerprint density at radius 1 is 0.966 bits per heavy atom. The molecule has 5 nitrogen and oxygen atoms in total. The van der Waals surface area contributed by atoms with E-state index in [2.05, 4.69) is 20.5 Å². The summed E-state index contributed by atoms with van der Waals surface area (Å²) in [6, 6.07) is 17.6. The second-order valence-corrected chi connectivity index (χ2v) is 6.78. The van der Waals surface area contributed by atoms with Crippen molar-refractivity contribution in [2.45, 2.75) is 13.3 Å². The third-order valence-electron chi connectivity index (χ3n) is 4.61. The largest absolute Gasteiger partial charge is 0.308 e. The van der Waals surface area contributed by atoms with Crippen LogP contribution >= 0.6 is 0 Å². The standard InChI is InChI=1S/C23H19FN4O/c1-15-2-4-16(5-3-15)14-20(29)26-23-21(17-10-12-25-13-11-17)22(27-28-23)18-6-8-19(24)9-7-18/h2-13H,14H2,1H3,(H2,26,27,28,29). The number of carbonyl (C=O) groups is 1. The average Bonchev–Trinajstić information content (AvgIpc) is 3.14. The molecule has 4 aromatic rings. The van der Waals surface area contributed by atoms with Crippen LogP contribution in [0.25, 0.3) is 22.4 Å². The Labute approximate surface area is 167 Å². The lowest BCUT2D eigenvalue weighted by atomic mass is 10.0. The predicted octanol–water partition coefficient (Wildman–Crippen LogP) is 4.77. The molecule has 144 valence electrons. The van der Waals surface area contributed by atoms with E-state index in [4.69, 9.17) is 0 Å². The number of anilines is 1. The van der Waals surface area contributed by atoms with Crippen molar-refractivity contribution in [3.8, 4) is 22.4 Å². The number of aromatic amines is 1. The number of aromatic nitrogens is 3. The first-order valence-electron chi connectivity index (χ1n) is 9.20. The smallest absolute Gasteiger partial charge is 0.230 e. The molecular weight excluding hydrogens is 367 g/mol. The molecule has 0 aliphatic carbocycles. The van der Waals surface area contributed by atoms with Gasteiger partial charge in [0.15, 0.2) is 5.82 Å². The molecule has 0 bridgehead atoms. The van der Waals surface area contributed by atoms with Crippen molar-refractivity contribution in [1.29, 1.82) is 0 Å². The lowest BCUT2D eigenvalue weighted by Gasteiger charge is -2.08. The summed E-state index contributed by atoms with van der Waals surface area (Å²) in [5.74, 6) is -0.0562. The van der Waals surface area contributed by atoms with Crippen molar-refractivity contribution in [3.05, 3.63) is 90.0 Å². The maximum absolute atomic E-state index is 13.3. The molecule has 0 atom stereocenters. The maximum Gasteiger partial charge on any atom is 0.230 e. The Kier molecular flexibility index (Phi) is 5.16. The molecule has 0 radical (unpaired) electrons. The Morgan fingerprint density at radius 3 is 2.34 bits per heavy atom. The Morgan fingerprint density at radius 2 is 1.66 bits per heavy atom. The highest BCUT2D eigenvalue weighted by Crippen LogP contribution is 2.35. The Balaban J connectivity index is 1.67. The molecule has 0 saturated heterocycles. The van der Waals surface area contributed by atoms with E-state index in [0.717, 1.165) is 27.8 Å². The summed E-state index contributed by atoms with van der Waals surface area (Å²) in [6.45, 7) is 2.01. The number of amides is 1. The van der Waals surface area contributed by atoms with Gasteiger partial charge in [-0.3, -0.25) is 14.9 Å². The first kappa shape index (κ1) is 18.6. The van der Waals surface area contributed by atoms with Crippen LogP contribution in [0.15, 0.2) is 73.1 Å². The molecule has 2 heterocycles. The second kappa shape index (κ2) is 8.06. The zero-order chi connectivity index (χ0) is 20.2. The van der Waals surface area contributed by atoms with Crippen LogP contribution < -0.4 is 5.32 Å². The van der Waals surface area contributed by atoms with Gasteiger partial charge in [-0.1, -0.05) is 29.8 Å². The number of H-pyrrole nitrogens is 1. The fraction of sp³-hybridized carbons (Fsp3) is 0.0870. The molecule has 0 unspecified atom stereocenters. The van der Waals surface area contributed by atoms with E-state index in [1.807, 2.05) is 43.3 Å². The lowest BCUT2D eigenvalue weighted by molar-refractivity contribution is -0.115. The van der Waals surface area contributed by atoms with Gasteiger partial charge in [-0.15, -0.1) is 0 Å². The first-order chi connectivity index (χ1) is 14.1. The predicted molar refractivity (Wildman–Crippen MR) is 111 cm³/mol. The van der Waals surface area contributed by atoms with Gasteiger partial charge in [-0.2, -0.15) is 5.10 Å². The molecule has 4 rings (SSSR count). The lowest BCUT2D eigenvalue weighted by Crippen LogP contribution is -2.15. The van der Waals surface area contributed by atoms with E-state index >= 15 is 0 Å². The monoisotopic (exact) mass is 386 g/mol. The number of benzene rings is 2. The minimum atomic E-state index is -0.314. The van der Waals surface area contributed by atoms with Crippen molar-refractivity contribution < 1.29 is 9.18 Å². The summed E-state index contributed by atoms with van der Waals surface area (Å²) in [6.07, 6.45) is 3.60. The number of nitrogens with zero attached hydrogens (tertiary/aromatic N) is 2. The molecule has 1 amide bonds. The van der Waals surface area contributed by atoms with Gasteiger partial charge in [-0.05, 0) is 54.4 Å². The number of halogens is 1. The van der Waals surface area contributed by atoms with E-state index in [9.17, 15) is 9.18 Å². The van der Waals surface area contributed by atoms with E-state index < -0.39 is 0 Å². The van der Waals surface area contributed by atoms with Crippen LogP contribution in [-0.4, -0.2) is 21.1 Å². The van der Waals surface area contributed by atoms with Crippen LogP contribution in [0.5, 0.6) is 0 Å². The van der Waals surface area contributed by atoms with Gasteiger partial charge in [0, 0.05) is 18.0 Å². The molecule has 0 aliphatic heterocycles. The summed E-state index contributed by atoms with van der Waals surface area (Å²) in [5, 5.41) is 10.2. The number of hydrogen-bond acceptors (Lipinski definition) is 3. The molecule has 2 aromatic carbocycles. The van der Waals surface area contributed by atoms with Gasteiger partial charge in [0.1, 0.15) is 5.82 Å². The molecule has 0 aliphatic rings. The Hall–Kier alpha value is -3.80. The van der Waals surface area contributed by atoms with E-state index in [-0.39, 0.29) is 18.1 Å². The van der Waals surface area contributed by atoms with Crippen molar-refractivity contribution >= 4 is 11.7 Å². The van der Waals surface area contributed by atoms with Crippen LogP contribution in [0.3, 0.4) is 0 Å². The molecule has 0 spiro atoms. The zero-order valence-corrected chi connectivity index (χ0v) is 15.8. The number of aryl methyl sites for hydroxylation is 1. The van der Waals surface area contributed by atoms with Crippen LogP contribution in [0.1, 0.15) is 11.1 Å². The van der Waals surface area contributed by atoms with E-state index in [1.165, 1.54) is 12.1 Å². The summed E-state index contributed by atoms with van der Waals surface area (Å²) >= 11 is 0. The minimum absolute atomic E-state index is 0.165. The fourth-order valence-corrected chi connectivity index (χ4v) is 3.13. The second-order valence-electron chi connectivity index (χ2n) is 6.78. The maximum atomic E-state index is 13.3. The van der Waals surface area contributed by atoms with Crippen molar-refractivity contribution in [2.75, 3.05) is 5.32 Å². The van der Waals surface area contributed by atoms with Gasteiger partial charge >= 0.3 is 0 Å². The fourth-order valence-electron chi connectivity index (χ4n) is 3.13. The van der Waals surface area contributed by atoms with Crippen molar-refractivity contribution in [2.24, 2.45) is 0 Å². The third-order valence-corrected chi connectivity index (χ3v) is 4.61. The van der Waals surface area contributed by atoms with Gasteiger partial charge in [0.2, 0.25) is 5.91 Å². The van der Waals surface area contributed by atoms with Gasteiger partial charge in [-0.25, -0.2) is 4.39 Å². The molecule has 0 saturated carbocycles. The van der Waals surface area contributed by atoms with Gasteiger partial charge in [0.05, 0.1) is 17.7 Å². The van der Waals surface area contributed by atoms with E-state index in [0.29, 0.717) is 11.5 Å². The van der Waals surface area contributed by atoms with Gasteiger partial charge < -0.3 is 5.32 Å². The van der Waals surface area contributed by atoms with Crippen LogP contribution in [0.4, 0.5) is 10.2 Å². The van der Waals surface area contributed by atoms with Crippen LogP contribution in [0, 0.1) is 12.7 Å². The first-order valence-corrected chi connectivity index (χ1v) is 9.20. The normalized spacial score (nSPS) is 10.7. The summed E-state index contributed by atoms with van der Waals surface area (Å²) in [7, 11) is 0. The molecule has 2 N–H and O–H groups in total. The summed E-state index contributed by atoms with van der Waals surface area (Å²) in [5.41, 5.74) is 5.11. The van der Waals surface area contributed by atoms with Crippen LogP contribution in [0.2, 0.25) is 0 Å². The van der Waals surface area contributed by atoms with E-state index in [1.54, 1.807) is 24.5 Å². The molecule has 29 heavy (non-hydrogen) atoms. The minimum Gasteiger partial charge on any atom is -0.308 e. The molecule has 2 aromatic heterocycles. The number of carbonyl (C=O) groups excluding carboxylic acids is 1. The quantitative estimate of drug-likeness (QED) is 0.519. The van der Waals surface area contributed by atoms with Gasteiger partial charge in [0.25, 0.3) is 0 Å². The molecular formula is C23H19FN4O.